The molecule has 2 saturated carbocycles. The van der Waals surface area contributed by atoms with Gasteiger partial charge in [-0.25, -0.2) is 0 Å². The van der Waals surface area contributed by atoms with Crippen molar-refractivity contribution in [2.24, 2.45) is 17.3 Å². The molecule has 0 bridgehead atoms. The van der Waals surface area contributed by atoms with Gasteiger partial charge in [-0.2, -0.15) is 0 Å². The Hall–Kier alpha value is -1.40. The average Bonchev–Trinajstić information content (AvgIpc) is 3.17. The van der Waals surface area contributed by atoms with Crippen LogP contribution in [-0.2, 0) is 9.59 Å². The first-order chi connectivity index (χ1) is 8.57. The summed E-state index contributed by atoms with van der Waals surface area (Å²) < 4.78 is 0. The van der Waals surface area contributed by atoms with Crippen LogP contribution in [0.1, 0.15) is 32.1 Å². The quantitative estimate of drug-likeness (QED) is 0.452. The van der Waals surface area contributed by atoms with Gasteiger partial charge in [0.15, 0.2) is 5.78 Å². The maximum Gasteiger partial charge on any atom is 0.165 e. The van der Waals surface area contributed by atoms with Crippen LogP contribution in [0.5, 0.6) is 0 Å². The van der Waals surface area contributed by atoms with Gasteiger partial charge in [0.05, 0.1) is 5.92 Å². The molecule has 2 unspecified atom stereocenters. The predicted octanol–water partition coefficient (Wildman–Crippen LogP) is 1.26. The summed E-state index contributed by atoms with van der Waals surface area (Å²) in [5.41, 5.74) is -0.711. The first-order valence-electron chi connectivity index (χ1n) is 6.48. The van der Waals surface area contributed by atoms with Gasteiger partial charge in [0, 0.05) is 5.41 Å². The molecule has 0 saturated heterocycles. The molecule has 0 radical (unpaired) electrons. The summed E-state index contributed by atoms with van der Waals surface area (Å²) in [7, 11) is 0. The molecule has 0 spiro atoms. The highest BCUT2D eigenvalue weighted by Gasteiger charge is 2.64. The third kappa shape index (κ3) is 1.24. The molecule has 3 nitrogen and oxygen atoms in total. The minimum atomic E-state index is -1.18. The van der Waals surface area contributed by atoms with Crippen LogP contribution in [0.3, 0.4) is 0 Å². The number of hydrogen-bond acceptors (Lipinski definition) is 3. The van der Waals surface area contributed by atoms with Crippen LogP contribution in [0.25, 0.3) is 0 Å². The topological polar surface area (TPSA) is 54.4 Å². The molecule has 2 fully saturated rings. The van der Waals surface area contributed by atoms with Gasteiger partial charge in [-0.1, -0.05) is 11.5 Å². The number of carbonyl (C=O) groups excluding carboxylic acids is 2. The molecule has 0 aliphatic heterocycles. The number of terminal acetylenes is 1. The van der Waals surface area contributed by atoms with Crippen molar-refractivity contribution in [1.29, 1.82) is 0 Å². The van der Waals surface area contributed by atoms with E-state index in [1.54, 1.807) is 6.08 Å². The second kappa shape index (κ2) is 3.55. The lowest BCUT2D eigenvalue weighted by Crippen LogP contribution is -2.49. The molecule has 3 atom stereocenters. The maximum absolute atomic E-state index is 11.8. The van der Waals surface area contributed by atoms with E-state index in [0.29, 0.717) is 31.5 Å². The van der Waals surface area contributed by atoms with Gasteiger partial charge < -0.3 is 9.90 Å². The monoisotopic (exact) mass is 244 g/mol. The number of rotatable bonds is 2. The predicted molar refractivity (Wildman–Crippen MR) is 65.4 cm³/mol. The van der Waals surface area contributed by atoms with Crippen molar-refractivity contribution >= 4 is 12.1 Å². The van der Waals surface area contributed by atoms with Gasteiger partial charge in [-0.15, -0.1) is 6.42 Å². The Labute approximate surface area is 106 Å². The molecule has 0 heterocycles. The largest absolute Gasteiger partial charge is 0.377 e. The second-order valence-electron chi connectivity index (χ2n) is 5.77. The fourth-order valence-electron chi connectivity index (χ4n) is 3.91. The smallest absolute Gasteiger partial charge is 0.165 e. The van der Waals surface area contributed by atoms with Crippen LogP contribution in [0, 0.1) is 29.6 Å². The van der Waals surface area contributed by atoms with E-state index in [-0.39, 0.29) is 5.78 Å². The number of aldehydes is 1. The molecule has 3 rings (SSSR count). The minimum absolute atomic E-state index is 0.127. The summed E-state index contributed by atoms with van der Waals surface area (Å²) in [5, 5.41) is 10.8. The van der Waals surface area contributed by atoms with Crippen molar-refractivity contribution in [1.82, 2.24) is 0 Å². The molecule has 0 amide bonds. The number of allylic oxidation sites excluding steroid dienone is 1. The lowest BCUT2D eigenvalue weighted by molar-refractivity contribution is -0.128. The fourth-order valence-corrected chi connectivity index (χ4v) is 3.91. The molecular formula is C15H16O3. The van der Waals surface area contributed by atoms with Crippen LogP contribution in [-0.4, -0.2) is 22.8 Å². The maximum atomic E-state index is 11.8. The van der Waals surface area contributed by atoms with Crippen molar-refractivity contribution in [3.05, 3.63) is 11.6 Å². The van der Waals surface area contributed by atoms with Crippen molar-refractivity contribution < 1.29 is 14.7 Å². The van der Waals surface area contributed by atoms with Crippen molar-refractivity contribution in [2.45, 2.75) is 37.7 Å². The summed E-state index contributed by atoms with van der Waals surface area (Å²) in [6.45, 7) is 0. The number of fused-ring (bicyclic) bond motifs is 1. The van der Waals surface area contributed by atoms with Gasteiger partial charge in [0.25, 0.3) is 0 Å². The normalized spacial score (nSPS) is 43.0. The van der Waals surface area contributed by atoms with E-state index >= 15 is 0 Å². The first-order valence-corrected chi connectivity index (χ1v) is 6.48. The zero-order chi connectivity index (χ0) is 13.0. The molecular weight excluding hydrogens is 228 g/mol. The Bertz CT molecular complexity index is 494. The van der Waals surface area contributed by atoms with Gasteiger partial charge in [0.2, 0.25) is 0 Å². The van der Waals surface area contributed by atoms with Crippen LogP contribution in [0.4, 0.5) is 0 Å². The second-order valence-corrected chi connectivity index (χ2v) is 5.77. The molecule has 18 heavy (non-hydrogen) atoms. The van der Waals surface area contributed by atoms with E-state index in [1.807, 2.05) is 0 Å². The lowest BCUT2D eigenvalue weighted by atomic mass is 9.61. The van der Waals surface area contributed by atoms with Gasteiger partial charge in [0.1, 0.15) is 11.9 Å². The lowest BCUT2D eigenvalue weighted by Gasteiger charge is -2.44. The first kappa shape index (κ1) is 11.7. The summed E-state index contributed by atoms with van der Waals surface area (Å²) in [6.07, 6.45) is 11.5. The van der Waals surface area contributed by atoms with Crippen molar-refractivity contribution in [2.75, 3.05) is 0 Å². The van der Waals surface area contributed by atoms with E-state index in [0.717, 1.165) is 18.4 Å². The third-order valence-electron chi connectivity index (χ3n) is 4.97. The molecule has 0 aromatic carbocycles. The van der Waals surface area contributed by atoms with Gasteiger partial charge in [-0.3, -0.25) is 4.79 Å². The Morgan fingerprint density at radius 3 is 2.78 bits per heavy atom. The van der Waals surface area contributed by atoms with E-state index in [9.17, 15) is 14.7 Å². The zero-order valence-corrected chi connectivity index (χ0v) is 10.2. The minimum Gasteiger partial charge on any atom is -0.377 e. The Morgan fingerprint density at radius 1 is 1.50 bits per heavy atom. The van der Waals surface area contributed by atoms with E-state index < -0.39 is 16.9 Å². The van der Waals surface area contributed by atoms with Crippen LogP contribution in [0.15, 0.2) is 11.6 Å². The molecule has 0 aromatic heterocycles. The van der Waals surface area contributed by atoms with Crippen molar-refractivity contribution in [3.63, 3.8) is 0 Å². The zero-order valence-electron chi connectivity index (χ0n) is 10.2. The van der Waals surface area contributed by atoms with Crippen molar-refractivity contribution in [3.8, 4) is 12.3 Å². The van der Waals surface area contributed by atoms with Crippen LogP contribution >= 0.6 is 0 Å². The SMILES string of the molecule is C#C[C@]1(O)CCC2=CC(=O)C(C=O)CC21C1CC1. The Morgan fingerprint density at radius 2 is 2.22 bits per heavy atom. The number of ketones is 1. The molecule has 3 aliphatic rings. The number of carbonyl (C=O) groups is 2. The van der Waals surface area contributed by atoms with Crippen LogP contribution in [0.2, 0.25) is 0 Å². The summed E-state index contributed by atoms with van der Waals surface area (Å²) in [4.78, 5) is 22.9. The van der Waals surface area contributed by atoms with Gasteiger partial charge >= 0.3 is 0 Å². The fraction of sp³-hybridized carbons (Fsp3) is 0.600. The van der Waals surface area contributed by atoms with E-state index in [2.05, 4.69) is 5.92 Å². The molecule has 3 heteroatoms. The average molecular weight is 244 g/mol. The number of hydrogen-bond donors (Lipinski definition) is 1. The van der Waals surface area contributed by atoms with Gasteiger partial charge in [-0.05, 0) is 44.1 Å². The molecule has 0 aromatic rings. The highest BCUT2D eigenvalue weighted by Crippen LogP contribution is 2.65. The standard InChI is InChI=1S/C15H16O3/c1-2-14(18)6-5-12-7-13(17)10(9-16)8-15(12,14)11-3-4-11/h1,7,9-11,18H,3-6,8H2/t10?,14-,15?/m0/s1. The summed E-state index contributed by atoms with van der Waals surface area (Å²) in [6, 6.07) is 0. The van der Waals surface area contributed by atoms with E-state index in [4.69, 9.17) is 6.42 Å². The highest BCUT2D eigenvalue weighted by atomic mass is 16.3. The Balaban J connectivity index is 2.14. The molecule has 1 N–H and O–H groups in total. The third-order valence-corrected chi connectivity index (χ3v) is 4.97. The molecule has 94 valence electrons. The Kier molecular flexibility index (Phi) is 2.30. The summed E-state index contributed by atoms with van der Waals surface area (Å²) >= 11 is 0. The molecule has 3 aliphatic carbocycles. The van der Waals surface area contributed by atoms with E-state index in [1.165, 1.54) is 0 Å². The number of aliphatic hydroxyl groups is 1. The highest BCUT2D eigenvalue weighted by molar-refractivity contribution is 6.02. The van der Waals surface area contributed by atoms with Crippen LogP contribution < -0.4 is 0 Å². The summed E-state index contributed by atoms with van der Waals surface area (Å²) in [5.74, 6) is 2.13.